The molecule has 6 heteroatoms. The highest BCUT2D eigenvalue weighted by Gasteiger charge is 2.23. The average molecular weight is 316 g/mol. The molecule has 2 rings (SSSR count). The highest BCUT2D eigenvalue weighted by Crippen LogP contribution is 2.25. The van der Waals surface area contributed by atoms with Gasteiger partial charge in [0, 0.05) is 24.2 Å². The van der Waals surface area contributed by atoms with Gasteiger partial charge in [0.2, 0.25) is 0 Å². The van der Waals surface area contributed by atoms with Gasteiger partial charge < -0.3 is 4.90 Å². The van der Waals surface area contributed by atoms with Crippen LogP contribution in [0.15, 0.2) is 42.5 Å². The number of amides is 1. The van der Waals surface area contributed by atoms with E-state index in [0.29, 0.717) is 5.56 Å². The van der Waals surface area contributed by atoms with E-state index in [0.717, 1.165) is 5.56 Å². The molecule has 0 spiro atoms. The molecule has 2 aromatic rings. The van der Waals surface area contributed by atoms with Crippen molar-refractivity contribution in [1.82, 2.24) is 4.90 Å². The third kappa shape index (κ3) is 3.36. The summed E-state index contributed by atoms with van der Waals surface area (Å²) in [5.74, 6) is -0.660. The van der Waals surface area contributed by atoms with Crippen molar-refractivity contribution in [3.8, 4) is 0 Å². The van der Waals surface area contributed by atoms with Gasteiger partial charge >= 0.3 is 0 Å². The highest BCUT2D eigenvalue weighted by molar-refractivity contribution is 5.96. The van der Waals surface area contributed by atoms with E-state index in [2.05, 4.69) is 0 Å². The maximum absolute atomic E-state index is 13.0. The molecule has 2 aromatic carbocycles. The molecule has 0 aliphatic carbocycles. The third-order valence-electron chi connectivity index (χ3n) is 3.99. The van der Waals surface area contributed by atoms with Crippen LogP contribution < -0.4 is 0 Å². The fourth-order valence-corrected chi connectivity index (χ4v) is 2.38. The van der Waals surface area contributed by atoms with Crippen LogP contribution in [0.4, 0.5) is 10.1 Å². The van der Waals surface area contributed by atoms with E-state index in [4.69, 9.17) is 0 Å². The Morgan fingerprint density at radius 3 is 2.39 bits per heavy atom. The van der Waals surface area contributed by atoms with Gasteiger partial charge in [0.1, 0.15) is 5.82 Å². The van der Waals surface area contributed by atoms with Crippen molar-refractivity contribution in [3.63, 3.8) is 0 Å². The van der Waals surface area contributed by atoms with Crippen LogP contribution in [0.25, 0.3) is 0 Å². The standard InChI is InChI=1S/C17H17FN2O3/c1-11-15(5-4-6-16(11)20(22)23)17(21)19(3)12(2)13-7-9-14(18)10-8-13/h4-10,12H,1-3H3. The van der Waals surface area contributed by atoms with Crippen LogP contribution in [-0.4, -0.2) is 22.8 Å². The first-order valence-electron chi connectivity index (χ1n) is 7.09. The molecule has 0 heterocycles. The van der Waals surface area contributed by atoms with Gasteiger partial charge in [0.05, 0.1) is 11.0 Å². The van der Waals surface area contributed by atoms with Crippen molar-refractivity contribution in [3.05, 3.63) is 75.1 Å². The number of nitro benzene ring substituents is 1. The Morgan fingerprint density at radius 1 is 1.22 bits per heavy atom. The van der Waals surface area contributed by atoms with E-state index in [-0.39, 0.29) is 29.0 Å². The van der Waals surface area contributed by atoms with Gasteiger partial charge in [-0.05, 0) is 37.6 Å². The van der Waals surface area contributed by atoms with Crippen LogP contribution in [0.2, 0.25) is 0 Å². The van der Waals surface area contributed by atoms with Gasteiger partial charge in [0.15, 0.2) is 0 Å². The molecule has 0 aliphatic rings. The Kier molecular flexibility index (Phi) is 4.74. The topological polar surface area (TPSA) is 63.5 Å². The first-order chi connectivity index (χ1) is 10.8. The number of nitro groups is 1. The van der Waals surface area contributed by atoms with Crippen molar-refractivity contribution in [2.75, 3.05) is 7.05 Å². The number of benzene rings is 2. The molecule has 0 fully saturated rings. The molecule has 1 unspecified atom stereocenters. The predicted molar refractivity (Wildman–Crippen MR) is 84.7 cm³/mol. The Labute approximate surface area is 133 Å². The Hall–Kier alpha value is -2.76. The van der Waals surface area contributed by atoms with Crippen molar-refractivity contribution < 1.29 is 14.1 Å². The first kappa shape index (κ1) is 16.6. The highest BCUT2D eigenvalue weighted by atomic mass is 19.1. The van der Waals surface area contributed by atoms with E-state index >= 15 is 0 Å². The van der Waals surface area contributed by atoms with E-state index in [1.807, 2.05) is 6.92 Å². The molecule has 0 saturated heterocycles. The zero-order chi connectivity index (χ0) is 17.1. The lowest BCUT2D eigenvalue weighted by Crippen LogP contribution is -2.30. The second-order valence-corrected chi connectivity index (χ2v) is 5.35. The summed E-state index contributed by atoms with van der Waals surface area (Å²) in [6.07, 6.45) is 0. The van der Waals surface area contributed by atoms with Crippen LogP contribution in [0.1, 0.15) is 34.5 Å². The summed E-state index contributed by atoms with van der Waals surface area (Å²) in [5, 5.41) is 11.0. The SMILES string of the molecule is Cc1c(C(=O)N(C)C(C)c2ccc(F)cc2)cccc1[N+](=O)[O-]. The normalized spacial score (nSPS) is 11.8. The molecule has 1 amide bonds. The van der Waals surface area contributed by atoms with Gasteiger partial charge in [-0.15, -0.1) is 0 Å². The number of nitrogens with zero attached hydrogens (tertiary/aromatic N) is 2. The molecule has 23 heavy (non-hydrogen) atoms. The lowest BCUT2D eigenvalue weighted by Gasteiger charge is -2.26. The summed E-state index contributed by atoms with van der Waals surface area (Å²) in [6.45, 7) is 3.37. The van der Waals surface area contributed by atoms with Gasteiger partial charge in [-0.3, -0.25) is 14.9 Å². The van der Waals surface area contributed by atoms with Gasteiger partial charge in [-0.25, -0.2) is 4.39 Å². The third-order valence-corrected chi connectivity index (χ3v) is 3.99. The van der Waals surface area contributed by atoms with Crippen molar-refractivity contribution in [2.24, 2.45) is 0 Å². The fourth-order valence-electron chi connectivity index (χ4n) is 2.38. The molecule has 0 aliphatic heterocycles. The molecule has 120 valence electrons. The molecule has 0 N–H and O–H groups in total. The van der Waals surface area contributed by atoms with Crippen LogP contribution in [0.3, 0.4) is 0 Å². The van der Waals surface area contributed by atoms with E-state index < -0.39 is 4.92 Å². The molecule has 0 radical (unpaired) electrons. The monoisotopic (exact) mass is 316 g/mol. The van der Waals surface area contributed by atoms with Gasteiger partial charge in [-0.2, -0.15) is 0 Å². The van der Waals surface area contributed by atoms with Crippen molar-refractivity contribution in [1.29, 1.82) is 0 Å². The summed E-state index contributed by atoms with van der Waals surface area (Å²) in [7, 11) is 1.62. The average Bonchev–Trinajstić information content (AvgIpc) is 2.53. The summed E-state index contributed by atoms with van der Waals surface area (Å²) in [5.41, 5.74) is 1.32. The molecule has 1 atom stereocenters. The van der Waals surface area contributed by atoms with Crippen molar-refractivity contribution >= 4 is 11.6 Å². The summed E-state index contributed by atoms with van der Waals surface area (Å²) >= 11 is 0. The minimum Gasteiger partial charge on any atom is -0.335 e. The summed E-state index contributed by atoms with van der Waals surface area (Å²) < 4.78 is 13.0. The summed E-state index contributed by atoms with van der Waals surface area (Å²) in [6, 6.07) is 10.0. The number of halogens is 1. The minimum atomic E-state index is -0.504. The Morgan fingerprint density at radius 2 is 1.83 bits per heavy atom. The van der Waals surface area contributed by atoms with E-state index in [1.54, 1.807) is 32.2 Å². The van der Waals surface area contributed by atoms with Crippen LogP contribution in [0.5, 0.6) is 0 Å². The van der Waals surface area contributed by atoms with Crippen LogP contribution in [-0.2, 0) is 0 Å². The summed E-state index contributed by atoms with van der Waals surface area (Å²) in [4.78, 5) is 24.6. The molecule has 5 nitrogen and oxygen atoms in total. The number of carbonyl (C=O) groups excluding carboxylic acids is 1. The van der Waals surface area contributed by atoms with Crippen LogP contribution in [0, 0.1) is 22.9 Å². The number of rotatable bonds is 4. The number of hydrogen-bond acceptors (Lipinski definition) is 3. The zero-order valence-electron chi connectivity index (χ0n) is 13.1. The molecular formula is C17H17FN2O3. The minimum absolute atomic E-state index is 0.0846. The molecular weight excluding hydrogens is 299 g/mol. The van der Waals surface area contributed by atoms with Crippen molar-refractivity contribution in [2.45, 2.75) is 19.9 Å². The van der Waals surface area contributed by atoms with E-state index in [9.17, 15) is 19.3 Å². The maximum atomic E-state index is 13.0. The first-order valence-corrected chi connectivity index (χ1v) is 7.09. The lowest BCUT2D eigenvalue weighted by atomic mass is 10.0. The molecule has 0 aromatic heterocycles. The quantitative estimate of drug-likeness (QED) is 0.635. The van der Waals surface area contributed by atoms with Gasteiger partial charge in [-0.1, -0.05) is 18.2 Å². The Balaban J connectivity index is 2.31. The number of hydrogen-bond donors (Lipinski definition) is 0. The van der Waals surface area contributed by atoms with Gasteiger partial charge in [0.25, 0.3) is 11.6 Å². The van der Waals surface area contributed by atoms with Crippen LogP contribution >= 0.6 is 0 Å². The second kappa shape index (κ2) is 6.56. The maximum Gasteiger partial charge on any atom is 0.273 e. The Bertz CT molecular complexity index is 744. The lowest BCUT2D eigenvalue weighted by molar-refractivity contribution is -0.385. The zero-order valence-corrected chi connectivity index (χ0v) is 13.1. The van der Waals surface area contributed by atoms with E-state index in [1.165, 1.54) is 29.2 Å². The largest absolute Gasteiger partial charge is 0.335 e. The molecule has 0 bridgehead atoms. The fraction of sp³-hybridized carbons (Fsp3) is 0.235. The predicted octanol–water partition coefficient (Wildman–Crippen LogP) is 3.88. The smallest absolute Gasteiger partial charge is 0.273 e. The molecule has 0 saturated carbocycles. The number of carbonyl (C=O) groups is 1. The second-order valence-electron chi connectivity index (χ2n) is 5.35.